The van der Waals surface area contributed by atoms with Gasteiger partial charge in [0.1, 0.15) is 0 Å². The van der Waals surface area contributed by atoms with E-state index in [0.29, 0.717) is 19.1 Å². The molecule has 0 aromatic heterocycles. The normalized spacial score (nSPS) is 13.4. The maximum absolute atomic E-state index is 11.8. The molecule has 0 spiro atoms. The molecule has 2 amide bonds. The van der Waals surface area contributed by atoms with E-state index in [9.17, 15) is 4.79 Å². The average molecular weight is 257 g/mol. The van der Waals surface area contributed by atoms with E-state index >= 15 is 0 Å². The molecule has 0 aliphatic heterocycles. The number of rotatable bonds is 3. The van der Waals surface area contributed by atoms with Gasteiger partial charge in [-0.3, -0.25) is 0 Å². The molecule has 100 valence electrons. The number of hydrogen-bond donors (Lipinski definition) is 2. The molecule has 0 bridgehead atoms. The highest BCUT2D eigenvalue weighted by molar-refractivity contribution is 5.74. The number of benzene rings is 1. The minimum Gasteiger partial charge on any atom is -0.335 e. The van der Waals surface area contributed by atoms with E-state index in [2.05, 4.69) is 17.2 Å². The third-order valence-electron chi connectivity index (χ3n) is 2.96. The molecule has 1 saturated carbocycles. The van der Waals surface area contributed by atoms with E-state index in [-0.39, 0.29) is 6.03 Å². The predicted molar refractivity (Wildman–Crippen MR) is 75.4 cm³/mol. The molecule has 4 nitrogen and oxygen atoms in total. The Hall–Kier alpha value is -1.99. The summed E-state index contributed by atoms with van der Waals surface area (Å²) in [6, 6.07) is 8.26. The fourth-order valence-electron chi connectivity index (χ4n) is 1.70. The minimum absolute atomic E-state index is 0.00509. The van der Waals surface area contributed by atoms with Crippen molar-refractivity contribution in [1.29, 1.82) is 0 Å². The molecule has 3 N–H and O–H groups in total. The highest BCUT2D eigenvalue weighted by Crippen LogP contribution is 2.19. The summed E-state index contributed by atoms with van der Waals surface area (Å²) in [5.41, 5.74) is 7.36. The molecule has 1 aliphatic carbocycles. The summed E-state index contributed by atoms with van der Waals surface area (Å²) in [5.74, 6) is 5.79. The second-order valence-corrected chi connectivity index (χ2v) is 4.78. The molecule has 1 aromatic carbocycles. The van der Waals surface area contributed by atoms with Crippen molar-refractivity contribution in [3.05, 3.63) is 35.4 Å². The van der Waals surface area contributed by atoms with Crippen LogP contribution in [-0.4, -0.2) is 30.6 Å². The summed E-state index contributed by atoms with van der Waals surface area (Å²) in [6.45, 7) is 0.967. The van der Waals surface area contributed by atoms with Crippen molar-refractivity contribution in [2.75, 3.05) is 13.6 Å². The van der Waals surface area contributed by atoms with Gasteiger partial charge in [0.2, 0.25) is 0 Å². The molecule has 4 heteroatoms. The molecule has 0 unspecified atom stereocenters. The second kappa shape index (κ2) is 6.26. The van der Waals surface area contributed by atoms with Crippen molar-refractivity contribution in [3.8, 4) is 11.8 Å². The van der Waals surface area contributed by atoms with Gasteiger partial charge in [-0.05, 0) is 30.5 Å². The Labute approximate surface area is 114 Å². The molecule has 0 radical (unpaired) electrons. The number of nitrogens with one attached hydrogen (secondary N) is 1. The molecule has 1 fully saturated rings. The van der Waals surface area contributed by atoms with Crippen LogP contribution >= 0.6 is 0 Å². The van der Waals surface area contributed by atoms with E-state index in [1.807, 2.05) is 24.3 Å². The molecule has 0 atom stereocenters. The van der Waals surface area contributed by atoms with Gasteiger partial charge in [-0.25, -0.2) is 4.79 Å². The smallest absolute Gasteiger partial charge is 0.317 e. The number of urea groups is 1. The quantitative estimate of drug-likeness (QED) is 0.802. The van der Waals surface area contributed by atoms with Crippen molar-refractivity contribution in [2.45, 2.75) is 25.4 Å². The average Bonchev–Trinajstić information content (AvgIpc) is 3.22. The minimum atomic E-state index is -0.00509. The third kappa shape index (κ3) is 4.31. The fourth-order valence-corrected chi connectivity index (χ4v) is 1.70. The summed E-state index contributed by atoms with van der Waals surface area (Å²) in [5, 5.41) is 2.96. The Balaban J connectivity index is 1.89. The lowest BCUT2D eigenvalue weighted by molar-refractivity contribution is 0.206. The largest absolute Gasteiger partial charge is 0.335 e. The van der Waals surface area contributed by atoms with Crippen molar-refractivity contribution >= 4 is 6.03 Å². The zero-order valence-corrected chi connectivity index (χ0v) is 11.1. The van der Waals surface area contributed by atoms with Crippen LogP contribution in [0.15, 0.2) is 24.3 Å². The van der Waals surface area contributed by atoms with Crippen LogP contribution < -0.4 is 11.1 Å². The van der Waals surface area contributed by atoms with Crippen molar-refractivity contribution in [3.63, 3.8) is 0 Å². The topological polar surface area (TPSA) is 58.4 Å². The fraction of sp³-hybridized carbons (Fsp3) is 0.400. The molecule has 0 saturated heterocycles. The Morgan fingerprint density at radius 3 is 2.68 bits per heavy atom. The van der Waals surface area contributed by atoms with Crippen molar-refractivity contribution in [1.82, 2.24) is 10.2 Å². The Bertz CT molecular complexity index is 494. The van der Waals surface area contributed by atoms with E-state index in [4.69, 9.17) is 5.73 Å². The predicted octanol–water partition coefficient (Wildman–Crippen LogP) is 1.30. The number of amides is 2. The first kappa shape index (κ1) is 13.4. The van der Waals surface area contributed by atoms with Crippen LogP contribution in [0, 0.1) is 11.8 Å². The standard InChI is InChI=1S/C15H19N3O/c1-18(15(19)17-14-8-9-14)11-13-6-4-12(5-7-13)3-2-10-16/h4-7,14H,8-11,16H2,1H3,(H,17,19). The maximum atomic E-state index is 11.8. The van der Waals surface area contributed by atoms with Crippen LogP contribution in [0.1, 0.15) is 24.0 Å². The van der Waals surface area contributed by atoms with Crippen LogP contribution in [0.25, 0.3) is 0 Å². The number of carbonyl (C=O) groups excluding carboxylic acids is 1. The lowest BCUT2D eigenvalue weighted by atomic mass is 10.1. The molecular formula is C15H19N3O. The Morgan fingerprint density at radius 2 is 2.11 bits per heavy atom. The molecular weight excluding hydrogens is 238 g/mol. The monoisotopic (exact) mass is 257 g/mol. The number of nitrogens with zero attached hydrogens (tertiary/aromatic N) is 1. The SMILES string of the molecule is CN(Cc1ccc(C#CCN)cc1)C(=O)NC1CC1. The van der Waals surface area contributed by atoms with Gasteiger partial charge in [0, 0.05) is 25.2 Å². The van der Waals surface area contributed by atoms with Crippen LogP contribution in [0.2, 0.25) is 0 Å². The first-order chi connectivity index (χ1) is 9.19. The van der Waals surface area contributed by atoms with Gasteiger partial charge in [-0.1, -0.05) is 24.0 Å². The van der Waals surface area contributed by atoms with E-state index < -0.39 is 0 Å². The van der Waals surface area contributed by atoms with Gasteiger partial charge >= 0.3 is 6.03 Å². The zero-order chi connectivity index (χ0) is 13.7. The van der Waals surface area contributed by atoms with Crippen LogP contribution in [-0.2, 0) is 6.54 Å². The van der Waals surface area contributed by atoms with E-state index in [0.717, 1.165) is 24.0 Å². The molecule has 2 rings (SSSR count). The summed E-state index contributed by atoms with van der Waals surface area (Å²) in [4.78, 5) is 13.5. The van der Waals surface area contributed by atoms with Gasteiger partial charge in [-0.2, -0.15) is 0 Å². The van der Waals surface area contributed by atoms with Gasteiger partial charge in [-0.15, -0.1) is 0 Å². The van der Waals surface area contributed by atoms with Crippen LogP contribution in [0.3, 0.4) is 0 Å². The van der Waals surface area contributed by atoms with Crippen molar-refractivity contribution in [2.24, 2.45) is 5.73 Å². The number of nitrogens with two attached hydrogens (primary N) is 1. The lowest BCUT2D eigenvalue weighted by Crippen LogP contribution is -2.37. The summed E-state index contributed by atoms with van der Waals surface area (Å²) < 4.78 is 0. The van der Waals surface area contributed by atoms with Gasteiger partial charge in [0.05, 0.1) is 6.54 Å². The maximum Gasteiger partial charge on any atom is 0.317 e. The second-order valence-electron chi connectivity index (χ2n) is 4.78. The highest BCUT2D eigenvalue weighted by atomic mass is 16.2. The van der Waals surface area contributed by atoms with Gasteiger partial charge in [0.15, 0.2) is 0 Å². The van der Waals surface area contributed by atoms with E-state index in [1.54, 1.807) is 11.9 Å². The molecule has 1 aromatic rings. The van der Waals surface area contributed by atoms with Gasteiger partial charge in [0.25, 0.3) is 0 Å². The van der Waals surface area contributed by atoms with E-state index in [1.165, 1.54) is 0 Å². The summed E-state index contributed by atoms with van der Waals surface area (Å²) in [6.07, 6.45) is 2.21. The van der Waals surface area contributed by atoms with Crippen LogP contribution in [0.4, 0.5) is 4.79 Å². The Morgan fingerprint density at radius 1 is 1.42 bits per heavy atom. The Kier molecular flexibility index (Phi) is 4.43. The van der Waals surface area contributed by atoms with Gasteiger partial charge < -0.3 is 16.0 Å². The first-order valence-corrected chi connectivity index (χ1v) is 6.48. The third-order valence-corrected chi connectivity index (χ3v) is 2.96. The molecule has 0 heterocycles. The highest BCUT2D eigenvalue weighted by Gasteiger charge is 2.24. The number of hydrogen-bond acceptors (Lipinski definition) is 2. The van der Waals surface area contributed by atoms with Crippen molar-refractivity contribution < 1.29 is 4.79 Å². The first-order valence-electron chi connectivity index (χ1n) is 6.48. The molecule has 1 aliphatic rings. The summed E-state index contributed by atoms with van der Waals surface area (Å²) in [7, 11) is 1.81. The zero-order valence-electron chi connectivity index (χ0n) is 11.1. The lowest BCUT2D eigenvalue weighted by Gasteiger charge is -2.17. The van der Waals surface area contributed by atoms with Crippen LogP contribution in [0.5, 0.6) is 0 Å². The summed E-state index contributed by atoms with van der Waals surface area (Å²) >= 11 is 0. The number of carbonyl (C=O) groups is 1. The molecule has 19 heavy (non-hydrogen) atoms.